The van der Waals surface area contributed by atoms with Crippen LogP contribution >= 0.6 is 0 Å². The van der Waals surface area contributed by atoms with Crippen molar-refractivity contribution in [3.8, 4) is 0 Å². The van der Waals surface area contributed by atoms with E-state index in [9.17, 15) is 0 Å². The van der Waals surface area contributed by atoms with Crippen molar-refractivity contribution in [2.45, 2.75) is 59.9 Å². The Kier molecular flexibility index (Phi) is 5.20. The minimum absolute atomic E-state index is 0.192. The quantitative estimate of drug-likeness (QED) is 0.799. The van der Waals surface area contributed by atoms with Crippen molar-refractivity contribution in [2.75, 3.05) is 0 Å². The lowest BCUT2D eigenvalue weighted by molar-refractivity contribution is 0.439. The predicted molar refractivity (Wildman–Crippen MR) is 76.3 cm³/mol. The highest BCUT2D eigenvalue weighted by Gasteiger charge is 2.15. The van der Waals surface area contributed by atoms with Crippen LogP contribution in [0.25, 0.3) is 0 Å². The van der Waals surface area contributed by atoms with E-state index in [-0.39, 0.29) is 6.04 Å². The molecule has 0 radical (unpaired) electrons. The highest BCUT2D eigenvalue weighted by atomic mass is 14.6. The molecule has 2 unspecified atom stereocenters. The van der Waals surface area contributed by atoms with Gasteiger partial charge >= 0.3 is 0 Å². The molecule has 17 heavy (non-hydrogen) atoms. The second kappa shape index (κ2) is 6.20. The minimum Gasteiger partial charge on any atom is -0.324 e. The maximum absolute atomic E-state index is 6.38. The van der Waals surface area contributed by atoms with Gasteiger partial charge < -0.3 is 5.73 Å². The van der Waals surface area contributed by atoms with E-state index in [1.165, 1.54) is 35.1 Å². The smallest absolute Gasteiger partial charge is 0.0302 e. The molecule has 0 amide bonds. The third kappa shape index (κ3) is 3.85. The zero-order chi connectivity index (χ0) is 13.0. The highest BCUT2D eigenvalue weighted by molar-refractivity contribution is 5.39. The van der Waals surface area contributed by atoms with Crippen molar-refractivity contribution in [1.29, 1.82) is 0 Å². The minimum atomic E-state index is 0.192. The number of benzene rings is 1. The van der Waals surface area contributed by atoms with Crippen molar-refractivity contribution in [3.63, 3.8) is 0 Å². The summed E-state index contributed by atoms with van der Waals surface area (Å²) in [6.45, 7) is 11.1. The van der Waals surface area contributed by atoms with Crippen LogP contribution in [0, 0.1) is 26.7 Å². The van der Waals surface area contributed by atoms with Gasteiger partial charge in [-0.05, 0) is 49.8 Å². The molecule has 0 saturated heterocycles. The van der Waals surface area contributed by atoms with Gasteiger partial charge in [-0.3, -0.25) is 0 Å². The molecule has 0 aliphatic heterocycles. The number of hydrogen-bond donors (Lipinski definition) is 1. The van der Waals surface area contributed by atoms with E-state index in [2.05, 4.69) is 46.8 Å². The molecule has 1 nitrogen and oxygen atoms in total. The van der Waals surface area contributed by atoms with Crippen molar-refractivity contribution in [2.24, 2.45) is 11.7 Å². The summed E-state index contributed by atoms with van der Waals surface area (Å²) in [7, 11) is 0. The van der Waals surface area contributed by atoms with Gasteiger partial charge in [0.05, 0.1) is 0 Å². The molecular formula is C16H27N. The standard InChI is InChI=1S/C16H27N/c1-6-7-11(2)10-15(17)16-13(4)8-12(3)9-14(16)5/h8-9,11,15H,6-7,10,17H2,1-5H3. The van der Waals surface area contributed by atoms with Crippen molar-refractivity contribution >= 4 is 0 Å². The summed E-state index contributed by atoms with van der Waals surface area (Å²) in [5.74, 6) is 0.718. The van der Waals surface area contributed by atoms with Crippen LogP contribution in [0.1, 0.15) is 61.4 Å². The summed E-state index contributed by atoms with van der Waals surface area (Å²) in [4.78, 5) is 0. The molecule has 1 aromatic rings. The lowest BCUT2D eigenvalue weighted by atomic mass is 9.88. The van der Waals surface area contributed by atoms with Crippen molar-refractivity contribution < 1.29 is 0 Å². The Bertz CT molecular complexity index is 345. The predicted octanol–water partition coefficient (Wildman–Crippen LogP) is 4.44. The summed E-state index contributed by atoms with van der Waals surface area (Å²) >= 11 is 0. The van der Waals surface area contributed by atoms with Crippen molar-refractivity contribution in [3.05, 3.63) is 34.4 Å². The Morgan fingerprint density at radius 1 is 1.12 bits per heavy atom. The summed E-state index contributed by atoms with van der Waals surface area (Å²) in [5, 5.41) is 0. The first-order valence-electron chi connectivity index (χ1n) is 6.79. The fourth-order valence-corrected chi connectivity index (χ4v) is 2.94. The van der Waals surface area contributed by atoms with E-state index in [4.69, 9.17) is 5.73 Å². The van der Waals surface area contributed by atoms with Gasteiger partial charge in [-0.1, -0.05) is 44.4 Å². The monoisotopic (exact) mass is 233 g/mol. The fraction of sp³-hybridized carbons (Fsp3) is 0.625. The SMILES string of the molecule is CCCC(C)CC(N)c1c(C)cc(C)cc1C. The van der Waals surface area contributed by atoms with Gasteiger partial charge in [-0.25, -0.2) is 0 Å². The maximum Gasteiger partial charge on any atom is 0.0302 e. The van der Waals surface area contributed by atoms with Gasteiger partial charge in [-0.15, -0.1) is 0 Å². The molecule has 0 spiro atoms. The fourth-order valence-electron chi connectivity index (χ4n) is 2.94. The normalized spacial score (nSPS) is 14.7. The van der Waals surface area contributed by atoms with Crippen LogP contribution in [0.4, 0.5) is 0 Å². The molecule has 0 fully saturated rings. The van der Waals surface area contributed by atoms with E-state index >= 15 is 0 Å². The number of rotatable bonds is 5. The van der Waals surface area contributed by atoms with Crippen LogP contribution in [0.2, 0.25) is 0 Å². The Labute approximate surface area is 106 Å². The average Bonchev–Trinajstić information content (AvgIpc) is 2.15. The van der Waals surface area contributed by atoms with E-state index in [1.54, 1.807) is 0 Å². The van der Waals surface area contributed by atoms with Gasteiger partial charge in [0.15, 0.2) is 0 Å². The lowest BCUT2D eigenvalue weighted by Gasteiger charge is -2.21. The Morgan fingerprint density at radius 2 is 1.65 bits per heavy atom. The van der Waals surface area contributed by atoms with Gasteiger partial charge in [-0.2, -0.15) is 0 Å². The molecule has 0 aliphatic rings. The van der Waals surface area contributed by atoms with E-state index < -0.39 is 0 Å². The summed E-state index contributed by atoms with van der Waals surface area (Å²) < 4.78 is 0. The highest BCUT2D eigenvalue weighted by Crippen LogP contribution is 2.27. The van der Waals surface area contributed by atoms with Crippen LogP contribution < -0.4 is 5.73 Å². The third-order valence-corrected chi connectivity index (χ3v) is 3.55. The van der Waals surface area contributed by atoms with Gasteiger partial charge in [0, 0.05) is 6.04 Å². The molecule has 1 heteroatoms. The van der Waals surface area contributed by atoms with Crippen LogP contribution in [0.15, 0.2) is 12.1 Å². The van der Waals surface area contributed by atoms with Crippen molar-refractivity contribution in [1.82, 2.24) is 0 Å². The number of aryl methyl sites for hydroxylation is 3. The molecule has 0 aliphatic carbocycles. The van der Waals surface area contributed by atoms with E-state index in [0.29, 0.717) is 0 Å². The van der Waals surface area contributed by atoms with Gasteiger partial charge in [0.25, 0.3) is 0 Å². The Hall–Kier alpha value is -0.820. The van der Waals surface area contributed by atoms with E-state index in [0.717, 1.165) is 12.3 Å². The Balaban J connectivity index is 2.85. The first-order chi connectivity index (χ1) is 7.95. The second-order valence-corrected chi connectivity index (χ2v) is 5.55. The topological polar surface area (TPSA) is 26.0 Å². The average molecular weight is 233 g/mol. The van der Waals surface area contributed by atoms with E-state index in [1.807, 2.05) is 0 Å². The first-order valence-corrected chi connectivity index (χ1v) is 6.79. The van der Waals surface area contributed by atoms with Gasteiger partial charge in [0.1, 0.15) is 0 Å². The van der Waals surface area contributed by atoms with Gasteiger partial charge in [0.2, 0.25) is 0 Å². The molecule has 2 N–H and O–H groups in total. The summed E-state index contributed by atoms with van der Waals surface area (Å²) in [5.41, 5.74) is 11.8. The second-order valence-electron chi connectivity index (χ2n) is 5.55. The number of nitrogens with two attached hydrogens (primary N) is 1. The third-order valence-electron chi connectivity index (χ3n) is 3.55. The number of hydrogen-bond acceptors (Lipinski definition) is 1. The first kappa shape index (κ1) is 14.2. The zero-order valence-electron chi connectivity index (χ0n) is 12.0. The zero-order valence-corrected chi connectivity index (χ0v) is 12.0. The molecule has 0 heterocycles. The molecule has 1 aromatic carbocycles. The molecule has 96 valence electrons. The summed E-state index contributed by atoms with van der Waals surface area (Å²) in [6, 6.07) is 4.68. The van der Waals surface area contributed by atoms with Crippen LogP contribution in [0.5, 0.6) is 0 Å². The maximum atomic E-state index is 6.38. The molecule has 0 bridgehead atoms. The van der Waals surface area contributed by atoms with Crippen LogP contribution in [-0.4, -0.2) is 0 Å². The molecular weight excluding hydrogens is 206 g/mol. The summed E-state index contributed by atoms with van der Waals surface area (Å²) in [6.07, 6.45) is 3.62. The molecule has 1 rings (SSSR count). The van der Waals surface area contributed by atoms with Crippen LogP contribution in [-0.2, 0) is 0 Å². The molecule has 0 saturated carbocycles. The van der Waals surface area contributed by atoms with Crippen LogP contribution in [0.3, 0.4) is 0 Å². The molecule has 0 aromatic heterocycles. The molecule has 2 atom stereocenters. The largest absolute Gasteiger partial charge is 0.324 e. The lowest BCUT2D eigenvalue weighted by Crippen LogP contribution is -2.16. The Morgan fingerprint density at radius 3 is 2.12 bits per heavy atom.